The topological polar surface area (TPSA) is 101 Å². The Balaban J connectivity index is 1.66. The molecule has 0 atom stereocenters. The van der Waals surface area contributed by atoms with Crippen LogP contribution in [-0.4, -0.2) is 73.2 Å². The second-order valence-corrected chi connectivity index (χ2v) is 7.18. The van der Waals surface area contributed by atoms with E-state index in [0.717, 1.165) is 26.1 Å². The number of hydrogen-bond acceptors (Lipinski definition) is 7. The summed E-state index contributed by atoms with van der Waals surface area (Å²) in [6.07, 6.45) is 4.39. The number of anilines is 1. The minimum absolute atomic E-state index is 0.153. The van der Waals surface area contributed by atoms with Gasteiger partial charge < -0.3 is 19.7 Å². The summed E-state index contributed by atoms with van der Waals surface area (Å²) < 4.78 is 9.47. The SMILES string of the molecule is COC(=O)c1cc(NC(=O)N2CCCN(Cc3ccncc3)CC2)cc(C(=O)OC)c1. The summed E-state index contributed by atoms with van der Waals surface area (Å²) in [6, 6.07) is 8.01. The molecule has 0 unspecified atom stereocenters. The van der Waals surface area contributed by atoms with Crippen molar-refractivity contribution in [1.82, 2.24) is 14.8 Å². The number of carbonyl (C=O) groups excluding carboxylic acids is 3. The van der Waals surface area contributed by atoms with Crippen LogP contribution in [0.15, 0.2) is 42.7 Å². The third-order valence-electron chi connectivity index (χ3n) is 5.06. The maximum Gasteiger partial charge on any atom is 0.337 e. The van der Waals surface area contributed by atoms with Crippen molar-refractivity contribution in [3.63, 3.8) is 0 Å². The minimum atomic E-state index is -0.609. The molecule has 0 saturated carbocycles. The molecule has 3 rings (SSSR count). The Labute approximate surface area is 180 Å². The van der Waals surface area contributed by atoms with E-state index >= 15 is 0 Å². The normalized spacial score (nSPS) is 14.5. The molecule has 1 aliphatic rings. The molecule has 1 aliphatic heterocycles. The van der Waals surface area contributed by atoms with Gasteiger partial charge in [0.05, 0.1) is 25.3 Å². The number of benzene rings is 1. The lowest BCUT2D eigenvalue weighted by atomic mass is 10.1. The van der Waals surface area contributed by atoms with E-state index in [2.05, 4.69) is 15.2 Å². The van der Waals surface area contributed by atoms with Crippen molar-refractivity contribution in [2.24, 2.45) is 0 Å². The Bertz CT molecular complexity index is 901. The third-order valence-corrected chi connectivity index (χ3v) is 5.06. The fourth-order valence-electron chi connectivity index (χ4n) is 3.45. The smallest absolute Gasteiger partial charge is 0.337 e. The van der Waals surface area contributed by atoms with Gasteiger partial charge in [0.1, 0.15) is 0 Å². The first kappa shape index (κ1) is 22.2. The van der Waals surface area contributed by atoms with E-state index in [1.807, 2.05) is 12.1 Å². The van der Waals surface area contributed by atoms with E-state index < -0.39 is 11.9 Å². The van der Waals surface area contributed by atoms with Gasteiger partial charge in [0.25, 0.3) is 0 Å². The van der Waals surface area contributed by atoms with Gasteiger partial charge in [-0.05, 0) is 42.3 Å². The molecular weight excluding hydrogens is 400 g/mol. The zero-order valence-corrected chi connectivity index (χ0v) is 17.7. The summed E-state index contributed by atoms with van der Waals surface area (Å²) in [5.41, 5.74) is 1.81. The molecule has 1 N–H and O–H groups in total. The van der Waals surface area contributed by atoms with Gasteiger partial charge >= 0.3 is 18.0 Å². The monoisotopic (exact) mass is 426 g/mol. The van der Waals surface area contributed by atoms with Gasteiger partial charge in [0.2, 0.25) is 0 Å². The molecule has 1 saturated heterocycles. The van der Waals surface area contributed by atoms with Crippen LogP contribution in [0.2, 0.25) is 0 Å². The summed E-state index contributed by atoms with van der Waals surface area (Å²) in [4.78, 5) is 44.8. The maximum absolute atomic E-state index is 12.8. The molecule has 1 aromatic heterocycles. The number of nitrogens with one attached hydrogen (secondary N) is 1. The lowest BCUT2D eigenvalue weighted by molar-refractivity contribution is 0.0599. The highest BCUT2D eigenvalue weighted by atomic mass is 16.5. The van der Waals surface area contributed by atoms with Gasteiger partial charge in [-0.3, -0.25) is 9.88 Å². The largest absolute Gasteiger partial charge is 0.465 e. The van der Waals surface area contributed by atoms with Crippen LogP contribution in [-0.2, 0) is 16.0 Å². The van der Waals surface area contributed by atoms with E-state index in [1.165, 1.54) is 38.0 Å². The van der Waals surface area contributed by atoms with Gasteiger partial charge in [0.15, 0.2) is 0 Å². The van der Waals surface area contributed by atoms with Crippen molar-refractivity contribution in [2.45, 2.75) is 13.0 Å². The van der Waals surface area contributed by atoms with E-state index in [-0.39, 0.29) is 17.2 Å². The Kier molecular flexibility index (Phi) is 7.55. The number of esters is 2. The third kappa shape index (κ3) is 6.02. The Morgan fingerprint density at radius 3 is 2.19 bits per heavy atom. The predicted octanol–water partition coefficient (Wildman–Crippen LogP) is 2.39. The van der Waals surface area contributed by atoms with E-state index in [1.54, 1.807) is 17.3 Å². The van der Waals surface area contributed by atoms with Crippen molar-refractivity contribution in [1.29, 1.82) is 0 Å². The van der Waals surface area contributed by atoms with Gasteiger partial charge in [-0.2, -0.15) is 0 Å². The van der Waals surface area contributed by atoms with Crippen molar-refractivity contribution in [2.75, 3.05) is 45.7 Å². The lowest BCUT2D eigenvalue weighted by Gasteiger charge is -2.22. The number of pyridine rings is 1. The van der Waals surface area contributed by atoms with Gasteiger partial charge in [-0.15, -0.1) is 0 Å². The van der Waals surface area contributed by atoms with Crippen molar-refractivity contribution >= 4 is 23.7 Å². The average Bonchev–Trinajstić information content (AvgIpc) is 3.04. The molecule has 0 aliphatic carbocycles. The highest BCUT2D eigenvalue weighted by Crippen LogP contribution is 2.18. The van der Waals surface area contributed by atoms with Gasteiger partial charge in [-0.1, -0.05) is 0 Å². The Hall–Kier alpha value is -3.46. The molecule has 9 heteroatoms. The molecule has 1 fully saturated rings. The van der Waals surface area contributed by atoms with Crippen LogP contribution in [0.5, 0.6) is 0 Å². The second-order valence-electron chi connectivity index (χ2n) is 7.18. The first-order chi connectivity index (χ1) is 15.0. The molecule has 1 aromatic carbocycles. The van der Waals surface area contributed by atoms with Crippen LogP contribution in [0.3, 0.4) is 0 Å². The molecule has 2 aromatic rings. The summed E-state index contributed by atoms with van der Waals surface area (Å²) >= 11 is 0. The zero-order chi connectivity index (χ0) is 22.2. The molecule has 31 heavy (non-hydrogen) atoms. The summed E-state index contributed by atoms with van der Waals surface area (Å²) in [6.45, 7) is 3.61. The molecule has 2 amide bonds. The quantitative estimate of drug-likeness (QED) is 0.733. The molecule has 164 valence electrons. The van der Waals surface area contributed by atoms with Crippen LogP contribution in [0.4, 0.5) is 10.5 Å². The number of carbonyl (C=O) groups is 3. The highest BCUT2D eigenvalue weighted by Gasteiger charge is 2.21. The molecule has 2 heterocycles. The number of ether oxygens (including phenoxy) is 2. The first-order valence-corrected chi connectivity index (χ1v) is 9.99. The maximum atomic E-state index is 12.8. The molecule has 9 nitrogen and oxygen atoms in total. The summed E-state index contributed by atoms with van der Waals surface area (Å²) in [5, 5.41) is 2.79. The van der Waals surface area contributed by atoms with E-state index in [9.17, 15) is 14.4 Å². The zero-order valence-electron chi connectivity index (χ0n) is 17.7. The van der Waals surface area contributed by atoms with Crippen molar-refractivity contribution in [3.05, 3.63) is 59.4 Å². The van der Waals surface area contributed by atoms with Crippen LogP contribution in [0.25, 0.3) is 0 Å². The summed E-state index contributed by atoms with van der Waals surface area (Å²) in [5.74, 6) is -1.22. The number of amides is 2. The standard InChI is InChI=1S/C22H26N4O5/c1-30-20(27)17-12-18(21(28)31-2)14-19(13-17)24-22(29)26-9-3-8-25(10-11-26)15-16-4-6-23-7-5-16/h4-7,12-14H,3,8-11,15H2,1-2H3,(H,24,29). The van der Waals surface area contributed by atoms with Crippen LogP contribution in [0.1, 0.15) is 32.7 Å². The minimum Gasteiger partial charge on any atom is -0.465 e. The molecule has 0 radical (unpaired) electrons. The highest BCUT2D eigenvalue weighted by molar-refractivity contribution is 5.99. The number of urea groups is 1. The first-order valence-electron chi connectivity index (χ1n) is 9.99. The number of rotatable bonds is 5. The Morgan fingerprint density at radius 1 is 0.935 bits per heavy atom. The average molecular weight is 426 g/mol. The van der Waals surface area contributed by atoms with Crippen LogP contribution >= 0.6 is 0 Å². The lowest BCUT2D eigenvalue weighted by Crippen LogP contribution is -2.38. The number of aromatic nitrogens is 1. The molecular formula is C22H26N4O5. The van der Waals surface area contributed by atoms with Crippen molar-refractivity contribution in [3.8, 4) is 0 Å². The van der Waals surface area contributed by atoms with E-state index in [0.29, 0.717) is 18.8 Å². The van der Waals surface area contributed by atoms with E-state index in [4.69, 9.17) is 9.47 Å². The predicted molar refractivity (Wildman–Crippen MR) is 114 cm³/mol. The molecule has 0 spiro atoms. The fraction of sp³-hybridized carbons (Fsp3) is 0.364. The Morgan fingerprint density at radius 2 is 1.58 bits per heavy atom. The van der Waals surface area contributed by atoms with Gasteiger partial charge in [-0.25, -0.2) is 14.4 Å². The fourth-order valence-corrected chi connectivity index (χ4v) is 3.45. The number of methoxy groups -OCH3 is 2. The molecule has 0 bridgehead atoms. The van der Waals surface area contributed by atoms with Crippen LogP contribution in [0, 0.1) is 0 Å². The van der Waals surface area contributed by atoms with Crippen molar-refractivity contribution < 1.29 is 23.9 Å². The number of nitrogens with zero attached hydrogens (tertiary/aromatic N) is 3. The summed E-state index contributed by atoms with van der Waals surface area (Å²) in [7, 11) is 2.50. The second kappa shape index (κ2) is 10.5. The van der Waals surface area contributed by atoms with Gasteiger partial charge in [0, 0.05) is 50.8 Å². The van der Waals surface area contributed by atoms with Crippen LogP contribution < -0.4 is 5.32 Å². The number of hydrogen-bond donors (Lipinski definition) is 1.